The normalized spacial score (nSPS) is 11.7. The Bertz CT molecular complexity index is 598. The molecule has 0 saturated heterocycles. The van der Waals surface area contributed by atoms with Crippen LogP contribution in [0.15, 0.2) is 36.4 Å². The monoisotopic (exact) mass is 304 g/mol. The van der Waals surface area contributed by atoms with E-state index in [-0.39, 0.29) is 5.56 Å². The van der Waals surface area contributed by atoms with E-state index in [4.69, 9.17) is 23.2 Å². The van der Waals surface area contributed by atoms with E-state index in [0.717, 1.165) is 6.07 Å². The second-order valence-electron chi connectivity index (χ2n) is 4.12. The zero-order valence-electron chi connectivity index (χ0n) is 9.85. The highest BCUT2D eigenvalue weighted by Gasteiger charge is 2.32. The number of halogens is 5. The molecule has 2 rings (SSSR count). The van der Waals surface area contributed by atoms with Crippen LogP contribution in [0.2, 0.25) is 10.0 Å². The molecule has 2 aromatic rings. The molecule has 5 heteroatoms. The van der Waals surface area contributed by atoms with Crippen LogP contribution < -0.4 is 0 Å². The van der Waals surface area contributed by atoms with Gasteiger partial charge in [-0.15, -0.1) is 0 Å². The van der Waals surface area contributed by atoms with Crippen molar-refractivity contribution in [2.24, 2.45) is 0 Å². The lowest BCUT2D eigenvalue weighted by Gasteiger charge is -2.13. The van der Waals surface area contributed by atoms with Crippen LogP contribution in [0, 0.1) is 6.92 Å². The van der Waals surface area contributed by atoms with Crippen LogP contribution in [0.5, 0.6) is 0 Å². The minimum Gasteiger partial charge on any atom is -0.166 e. The largest absolute Gasteiger partial charge is 0.416 e. The summed E-state index contributed by atoms with van der Waals surface area (Å²) in [5.41, 5.74) is 0.255. The van der Waals surface area contributed by atoms with Gasteiger partial charge in [0, 0.05) is 15.6 Å². The highest BCUT2D eigenvalue weighted by atomic mass is 35.5. The van der Waals surface area contributed by atoms with E-state index >= 15 is 0 Å². The fourth-order valence-electron chi connectivity index (χ4n) is 1.86. The zero-order valence-corrected chi connectivity index (χ0v) is 11.4. The number of aryl methyl sites for hydroxylation is 1. The van der Waals surface area contributed by atoms with Crippen LogP contribution in [0.4, 0.5) is 13.2 Å². The Morgan fingerprint density at radius 3 is 2.05 bits per heavy atom. The Morgan fingerprint density at radius 1 is 0.947 bits per heavy atom. The van der Waals surface area contributed by atoms with E-state index in [1.54, 1.807) is 24.3 Å². The SMILES string of the molecule is Cc1ccc(-c2c(Cl)cccc2Cl)cc1C(F)(F)F. The van der Waals surface area contributed by atoms with Gasteiger partial charge in [0.05, 0.1) is 5.56 Å². The lowest BCUT2D eigenvalue weighted by Crippen LogP contribution is -2.07. The smallest absolute Gasteiger partial charge is 0.166 e. The van der Waals surface area contributed by atoms with Crippen LogP contribution in [-0.2, 0) is 6.18 Å². The van der Waals surface area contributed by atoms with Crippen molar-refractivity contribution in [2.45, 2.75) is 13.1 Å². The van der Waals surface area contributed by atoms with E-state index in [0.29, 0.717) is 21.2 Å². The first-order valence-corrected chi connectivity index (χ1v) is 6.18. The van der Waals surface area contributed by atoms with Crippen molar-refractivity contribution in [3.63, 3.8) is 0 Å². The maximum atomic E-state index is 12.9. The predicted octanol–water partition coefficient (Wildman–Crippen LogP) is 5.99. The van der Waals surface area contributed by atoms with Crippen LogP contribution in [0.25, 0.3) is 11.1 Å². The quantitative estimate of drug-likeness (QED) is 0.607. The lowest BCUT2D eigenvalue weighted by atomic mass is 9.99. The van der Waals surface area contributed by atoms with Crippen molar-refractivity contribution >= 4 is 23.2 Å². The molecule has 0 bridgehead atoms. The topological polar surface area (TPSA) is 0 Å². The van der Waals surface area contributed by atoms with Gasteiger partial charge in [-0.3, -0.25) is 0 Å². The van der Waals surface area contributed by atoms with Crippen molar-refractivity contribution in [1.29, 1.82) is 0 Å². The Kier molecular flexibility index (Phi) is 3.79. The molecule has 0 nitrogen and oxygen atoms in total. The number of rotatable bonds is 1. The highest BCUT2D eigenvalue weighted by molar-refractivity contribution is 6.39. The van der Waals surface area contributed by atoms with E-state index in [1.165, 1.54) is 13.0 Å². The Hall–Kier alpha value is -1.19. The summed E-state index contributed by atoms with van der Waals surface area (Å²) in [6.07, 6.45) is -4.40. The fourth-order valence-corrected chi connectivity index (χ4v) is 2.47. The first-order chi connectivity index (χ1) is 8.80. The third kappa shape index (κ3) is 2.88. The average Bonchev–Trinajstić information content (AvgIpc) is 2.29. The molecule has 0 amide bonds. The van der Waals surface area contributed by atoms with Gasteiger partial charge in [-0.2, -0.15) is 13.2 Å². The number of hydrogen-bond donors (Lipinski definition) is 0. The molecule has 0 unspecified atom stereocenters. The van der Waals surface area contributed by atoms with Gasteiger partial charge in [0.15, 0.2) is 0 Å². The summed E-state index contributed by atoms with van der Waals surface area (Å²) >= 11 is 12.0. The summed E-state index contributed by atoms with van der Waals surface area (Å²) in [5.74, 6) is 0. The van der Waals surface area contributed by atoms with Gasteiger partial charge in [0.25, 0.3) is 0 Å². The summed E-state index contributed by atoms with van der Waals surface area (Å²) in [4.78, 5) is 0. The molecule has 0 spiro atoms. The molecule has 0 aliphatic heterocycles. The molecular weight excluding hydrogens is 296 g/mol. The van der Waals surface area contributed by atoms with Crippen LogP contribution in [-0.4, -0.2) is 0 Å². The first kappa shape index (κ1) is 14.2. The molecule has 100 valence electrons. The van der Waals surface area contributed by atoms with E-state index in [2.05, 4.69) is 0 Å². The number of alkyl halides is 3. The van der Waals surface area contributed by atoms with Crippen LogP contribution >= 0.6 is 23.2 Å². The van der Waals surface area contributed by atoms with Gasteiger partial charge in [-0.25, -0.2) is 0 Å². The molecule has 0 fully saturated rings. The van der Waals surface area contributed by atoms with Gasteiger partial charge < -0.3 is 0 Å². The van der Waals surface area contributed by atoms with Crippen LogP contribution in [0.1, 0.15) is 11.1 Å². The maximum Gasteiger partial charge on any atom is 0.416 e. The van der Waals surface area contributed by atoms with Crippen LogP contribution in [0.3, 0.4) is 0 Å². The minimum absolute atomic E-state index is 0.166. The third-order valence-corrected chi connectivity index (χ3v) is 3.42. The van der Waals surface area contributed by atoms with Crippen molar-refractivity contribution in [2.75, 3.05) is 0 Å². The van der Waals surface area contributed by atoms with Gasteiger partial charge in [-0.1, -0.05) is 41.4 Å². The molecule has 0 aromatic heterocycles. The van der Waals surface area contributed by atoms with Crippen molar-refractivity contribution in [3.8, 4) is 11.1 Å². The molecular formula is C14H9Cl2F3. The molecule has 19 heavy (non-hydrogen) atoms. The molecule has 0 atom stereocenters. The summed E-state index contributed by atoms with van der Waals surface area (Å²) < 4.78 is 38.6. The Labute approximate surface area is 118 Å². The Morgan fingerprint density at radius 2 is 1.53 bits per heavy atom. The third-order valence-electron chi connectivity index (χ3n) is 2.79. The van der Waals surface area contributed by atoms with Gasteiger partial charge in [-0.05, 0) is 36.2 Å². The number of hydrogen-bond acceptors (Lipinski definition) is 0. The summed E-state index contributed by atoms with van der Waals surface area (Å²) in [5, 5.41) is 0.647. The molecule has 0 heterocycles. The van der Waals surface area contributed by atoms with Gasteiger partial charge in [0.2, 0.25) is 0 Å². The zero-order chi connectivity index (χ0) is 14.2. The van der Waals surface area contributed by atoms with Gasteiger partial charge in [0.1, 0.15) is 0 Å². The molecule has 0 radical (unpaired) electrons. The first-order valence-electron chi connectivity index (χ1n) is 5.43. The molecule has 0 saturated carbocycles. The second kappa shape index (κ2) is 5.06. The molecule has 0 N–H and O–H groups in total. The second-order valence-corrected chi connectivity index (χ2v) is 4.94. The lowest BCUT2D eigenvalue weighted by molar-refractivity contribution is -0.138. The number of benzene rings is 2. The molecule has 0 aliphatic rings. The average molecular weight is 305 g/mol. The minimum atomic E-state index is -4.40. The van der Waals surface area contributed by atoms with E-state index in [1.807, 2.05) is 0 Å². The van der Waals surface area contributed by atoms with Crippen molar-refractivity contribution in [3.05, 3.63) is 57.6 Å². The molecule has 0 aliphatic carbocycles. The van der Waals surface area contributed by atoms with E-state index in [9.17, 15) is 13.2 Å². The standard InChI is InChI=1S/C14H9Cl2F3/c1-8-5-6-9(7-10(8)14(17,18)19)13-11(15)3-2-4-12(13)16/h2-7H,1H3. The Balaban J connectivity index is 2.65. The summed E-state index contributed by atoms with van der Waals surface area (Å²) in [6, 6.07) is 8.90. The predicted molar refractivity (Wildman–Crippen MR) is 71.6 cm³/mol. The summed E-state index contributed by atoms with van der Waals surface area (Å²) in [7, 11) is 0. The maximum absolute atomic E-state index is 12.9. The summed E-state index contributed by atoms with van der Waals surface area (Å²) in [6.45, 7) is 1.42. The molecule has 2 aromatic carbocycles. The van der Waals surface area contributed by atoms with Gasteiger partial charge >= 0.3 is 6.18 Å². The fraction of sp³-hybridized carbons (Fsp3) is 0.143. The van der Waals surface area contributed by atoms with Crippen molar-refractivity contribution in [1.82, 2.24) is 0 Å². The van der Waals surface area contributed by atoms with E-state index < -0.39 is 11.7 Å². The van der Waals surface area contributed by atoms with Crippen molar-refractivity contribution < 1.29 is 13.2 Å². The highest BCUT2D eigenvalue weighted by Crippen LogP contribution is 2.39.